The molecule has 0 atom stereocenters. The first-order valence-corrected chi connectivity index (χ1v) is 20.5. The lowest BCUT2D eigenvalue weighted by Crippen LogP contribution is -2.15. The van der Waals surface area contributed by atoms with E-state index in [1.165, 1.54) is 51.1 Å². The van der Waals surface area contributed by atoms with Gasteiger partial charge in [0.2, 0.25) is 0 Å². The van der Waals surface area contributed by atoms with E-state index in [9.17, 15) is 0 Å². The predicted molar refractivity (Wildman–Crippen MR) is 238 cm³/mol. The van der Waals surface area contributed by atoms with E-state index in [1.807, 2.05) is 53.1 Å². The molecule has 10 aromatic rings. The Balaban J connectivity index is 1.18. The molecule has 60 heavy (non-hydrogen) atoms. The smallest absolute Gasteiger partial charge is 0.309 e. The van der Waals surface area contributed by atoms with Crippen molar-refractivity contribution in [1.29, 1.82) is 0 Å². The van der Waals surface area contributed by atoms with E-state index in [1.54, 1.807) is 6.20 Å². The van der Waals surface area contributed by atoms with Crippen molar-refractivity contribution in [3.05, 3.63) is 186 Å². The molecule has 2 aliphatic rings. The van der Waals surface area contributed by atoms with Gasteiger partial charge in [-0.3, -0.25) is 4.98 Å². The second-order valence-corrected chi connectivity index (χ2v) is 17.4. The minimum Gasteiger partial charge on any atom is -0.309 e. The maximum atomic E-state index is 15.7. The van der Waals surface area contributed by atoms with Crippen LogP contribution < -0.4 is 0 Å². The minimum absolute atomic E-state index is 0.0334. The van der Waals surface area contributed by atoms with Crippen LogP contribution in [0, 0.1) is 0 Å². The van der Waals surface area contributed by atoms with Crippen molar-refractivity contribution in [1.82, 2.24) is 14.1 Å². The van der Waals surface area contributed by atoms with Gasteiger partial charge < -0.3 is 9.13 Å². The molecule has 6 heteroatoms. The Kier molecular flexibility index (Phi) is 6.93. The number of para-hydroxylation sites is 2. The van der Waals surface area contributed by atoms with Gasteiger partial charge in [-0.2, -0.15) is 13.2 Å². The van der Waals surface area contributed by atoms with Gasteiger partial charge in [-0.1, -0.05) is 131 Å². The second-order valence-electron chi connectivity index (χ2n) is 17.4. The van der Waals surface area contributed by atoms with Gasteiger partial charge >= 0.3 is 6.18 Å². The van der Waals surface area contributed by atoms with E-state index < -0.39 is 11.7 Å². The van der Waals surface area contributed by atoms with Gasteiger partial charge in [-0.25, -0.2) is 0 Å². The summed E-state index contributed by atoms with van der Waals surface area (Å²) >= 11 is 0. The topological polar surface area (TPSA) is 22.8 Å². The number of fused-ring (bicyclic) bond motifs is 14. The molecule has 290 valence electrons. The maximum Gasteiger partial charge on any atom is 0.417 e. The number of pyridine rings is 1. The molecule has 0 spiro atoms. The molecule has 3 aromatic heterocycles. The molecule has 0 saturated carbocycles. The van der Waals surface area contributed by atoms with Crippen molar-refractivity contribution in [2.24, 2.45) is 0 Å². The van der Waals surface area contributed by atoms with Gasteiger partial charge in [0, 0.05) is 44.1 Å². The number of aromatic nitrogens is 3. The lowest BCUT2D eigenvalue weighted by atomic mass is 9.80. The van der Waals surface area contributed by atoms with E-state index in [0.29, 0.717) is 11.4 Å². The molecular weight excluding hydrogens is 748 g/mol. The molecule has 0 bridgehead atoms. The second kappa shape index (κ2) is 11.9. The standard InChI is InChI=1S/C54H38F3N3/c1-52(2)37-19-9-5-15-31(37)33-26-28-43-46(49(33)52)35-17-7-11-22-40(35)59(43)42-24-13-21-39(54(55,56)57)48(42)51-45(25-14-30-58-51)60-41-23-12-8-18-36(41)47-44(60)29-27-34-32-16-6-10-20-38(32)53(3,4)50(34)47/h5-30H,1-4H3. The van der Waals surface area contributed by atoms with Crippen LogP contribution in [-0.2, 0) is 17.0 Å². The normalized spacial score (nSPS) is 14.8. The Bertz CT molecular complexity index is 3490. The highest BCUT2D eigenvalue weighted by atomic mass is 19.4. The summed E-state index contributed by atoms with van der Waals surface area (Å²) in [7, 11) is 0. The maximum absolute atomic E-state index is 15.7. The van der Waals surface area contributed by atoms with Gasteiger partial charge in [0.05, 0.1) is 44.7 Å². The molecule has 0 radical (unpaired) electrons. The molecule has 0 amide bonds. The van der Waals surface area contributed by atoms with E-state index in [-0.39, 0.29) is 22.1 Å². The summed E-state index contributed by atoms with van der Waals surface area (Å²) < 4.78 is 51.3. The van der Waals surface area contributed by atoms with Gasteiger partial charge in [-0.15, -0.1) is 0 Å². The third-order valence-electron chi connectivity index (χ3n) is 13.6. The Morgan fingerprint density at radius 3 is 1.48 bits per heavy atom. The zero-order valence-corrected chi connectivity index (χ0v) is 33.5. The Hall–Kier alpha value is -6.92. The van der Waals surface area contributed by atoms with Gasteiger partial charge in [-0.05, 0) is 93.0 Å². The first-order chi connectivity index (χ1) is 29.0. The molecular formula is C54H38F3N3. The molecule has 7 aromatic carbocycles. The summed E-state index contributed by atoms with van der Waals surface area (Å²) in [6.45, 7) is 9.04. The van der Waals surface area contributed by atoms with Crippen LogP contribution in [-0.4, -0.2) is 14.1 Å². The van der Waals surface area contributed by atoms with Crippen LogP contribution in [0.15, 0.2) is 158 Å². The van der Waals surface area contributed by atoms with Crippen molar-refractivity contribution in [3.63, 3.8) is 0 Å². The van der Waals surface area contributed by atoms with Gasteiger partial charge in [0.15, 0.2) is 0 Å². The monoisotopic (exact) mass is 785 g/mol. The van der Waals surface area contributed by atoms with E-state index in [2.05, 4.69) is 123 Å². The van der Waals surface area contributed by atoms with Gasteiger partial charge in [0.25, 0.3) is 0 Å². The van der Waals surface area contributed by atoms with Crippen molar-refractivity contribution in [2.45, 2.75) is 44.7 Å². The van der Waals surface area contributed by atoms with Crippen LogP contribution in [0.2, 0.25) is 0 Å². The zero-order chi connectivity index (χ0) is 40.9. The van der Waals surface area contributed by atoms with Gasteiger partial charge in [0.1, 0.15) is 0 Å². The number of alkyl halides is 3. The van der Waals surface area contributed by atoms with Crippen molar-refractivity contribution < 1.29 is 13.2 Å². The first kappa shape index (κ1) is 35.1. The number of nitrogens with zero attached hydrogens (tertiary/aromatic N) is 3. The molecule has 2 aliphatic carbocycles. The quantitative estimate of drug-likeness (QED) is 0.175. The first-order valence-electron chi connectivity index (χ1n) is 20.5. The molecule has 0 fully saturated rings. The number of benzene rings is 7. The molecule has 0 N–H and O–H groups in total. The molecule has 0 unspecified atom stereocenters. The van der Waals surface area contributed by atoms with Crippen LogP contribution in [0.25, 0.3) is 88.5 Å². The van der Waals surface area contributed by atoms with Crippen LogP contribution in [0.5, 0.6) is 0 Å². The summed E-state index contributed by atoms with van der Waals surface area (Å²) in [5.74, 6) is 0. The SMILES string of the molecule is CC1(C)c2ccccc2-c2ccc3c(c21)c1ccccc1n3-c1cccnc1-c1c(-n2c3ccccc3c3c4c(ccc32)-c2ccccc2C4(C)C)cccc1C(F)(F)F. The fraction of sp³-hybridized carbons (Fsp3) is 0.130. The lowest BCUT2D eigenvalue weighted by molar-refractivity contribution is -0.137. The minimum atomic E-state index is -4.68. The van der Waals surface area contributed by atoms with Crippen molar-refractivity contribution >= 4 is 43.6 Å². The van der Waals surface area contributed by atoms with Crippen molar-refractivity contribution in [2.75, 3.05) is 0 Å². The number of halogens is 3. The summed E-state index contributed by atoms with van der Waals surface area (Å²) in [6.07, 6.45) is -3.07. The third-order valence-corrected chi connectivity index (χ3v) is 13.6. The summed E-state index contributed by atoms with van der Waals surface area (Å²) in [4.78, 5) is 4.93. The van der Waals surface area contributed by atoms with Crippen LogP contribution in [0.3, 0.4) is 0 Å². The lowest BCUT2D eigenvalue weighted by Gasteiger charge is -2.23. The Labute approximate surface area is 345 Å². The average molecular weight is 786 g/mol. The summed E-state index contributed by atoms with van der Waals surface area (Å²) in [5, 5.41) is 4.19. The number of rotatable bonds is 3. The Morgan fingerprint density at radius 2 is 0.933 bits per heavy atom. The number of hydrogen-bond acceptors (Lipinski definition) is 1. The summed E-state index contributed by atoms with van der Waals surface area (Å²) in [5.41, 5.74) is 13.1. The van der Waals surface area contributed by atoms with Crippen LogP contribution in [0.1, 0.15) is 55.5 Å². The molecule has 3 heterocycles. The fourth-order valence-electron chi connectivity index (χ4n) is 11.2. The number of hydrogen-bond donors (Lipinski definition) is 0. The predicted octanol–water partition coefficient (Wildman–Crippen LogP) is 14.6. The zero-order valence-electron chi connectivity index (χ0n) is 33.5. The highest BCUT2D eigenvalue weighted by molar-refractivity contribution is 6.16. The van der Waals surface area contributed by atoms with Crippen molar-refractivity contribution in [3.8, 4) is 44.9 Å². The Morgan fingerprint density at radius 1 is 0.450 bits per heavy atom. The molecule has 3 nitrogen and oxygen atoms in total. The third kappa shape index (κ3) is 4.43. The average Bonchev–Trinajstić information content (AvgIpc) is 3.92. The van der Waals surface area contributed by atoms with E-state index in [0.717, 1.165) is 49.2 Å². The van der Waals surface area contributed by atoms with E-state index in [4.69, 9.17) is 4.98 Å². The van der Waals surface area contributed by atoms with Crippen LogP contribution in [0.4, 0.5) is 13.2 Å². The van der Waals surface area contributed by atoms with Crippen LogP contribution >= 0.6 is 0 Å². The fourth-order valence-corrected chi connectivity index (χ4v) is 11.2. The highest BCUT2D eigenvalue weighted by Gasteiger charge is 2.41. The summed E-state index contributed by atoms with van der Waals surface area (Å²) in [6, 6.07) is 50.3. The largest absolute Gasteiger partial charge is 0.417 e. The van der Waals surface area contributed by atoms with E-state index >= 15 is 13.2 Å². The molecule has 0 aliphatic heterocycles. The highest BCUT2D eigenvalue weighted by Crippen LogP contribution is 2.56. The molecule has 0 saturated heterocycles. The molecule has 12 rings (SSSR count).